The van der Waals surface area contributed by atoms with E-state index in [-0.39, 0.29) is 24.3 Å². The number of hydrogen-bond donors (Lipinski definition) is 2. The van der Waals surface area contributed by atoms with E-state index in [0.29, 0.717) is 35.1 Å². The molecule has 254 valence electrons. The van der Waals surface area contributed by atoms with Crippen LogP contribution in [0.3, 0.4) is 0 Å². The molecular weight excluding hydrogens is 608 g/mol. The summed E-state index contributed by atoms with van der Waals surface area (Å²) in [6, 6.07) is 11.6. The second kappa shape index (κ2) is 16.5. The van der Waals surface area contributed by atoms with Crippen molar-refractivity contribution in [1.29, 1.82) is 0 Å². The fraction of sp³-hybridized carbons (Fsp3) is 0.368. The van der Waals surface area contributed by atoms with Crippen molar-refractivity contribution in [2.45, 2.75) is 94.2 Å². The summed E-state index contributed by atoms with van der Waals surface area (Å²) < 4.78 is 14.8. The molecule has 48 heavy (non-hydrogen) atoms. The minimum absolute atomic E-state index is 0.0767. The Morgan fingerprint density at radius 2 is 1.08 bits per heavy atom. The van der Waals surface area contributed by atoms with Gasteiger partial charge in [-0.1, -0.05) is 57.9 Å². The minimum atomic E-state index is -0.522. The van der Waals surface area contributed by atoms with E-state index in [2.05, 4.69) is 21.8 Å². The Morgan fingerprint density at radius 3 is 1.46 bits per heavy atom. The van der Waals surface area contributed by atoms with Crippen LogP contribution in [0.25, 0.3) is 0 Å². The lowest BCUT2D eigenvalue weighted by molar-refractivity contribution is 0.411. The summed E-state index contributed by atoms with van der Waals surface area (Å²) in [5.74, 6) is 7.21. The first-order valence-corrected chi connectivity index (χ1v) is 15.9. The van der Waals surface area contributed by atoms with Crippen molar-refractivity contribution in [2.75, 3.05) is 0 Å². The van der Waals surface area contributed by atoms with Gasteiger partial charge >= 0.3 is 11.4 Å². The van der Waals surface area contributed by atoms with Gasteiger partial charge < -0.3 is 9.47 Å². The predicted molar refractivity (Wildman–Crippen MR) is 191 cm³/mol. The van der Waals surface area contributed by atoms with Gasteiger partial charge in [-0.25, -0.2) is 9.59 Å². The molecule has 0 spiro atoms. The van der Waals surface area contributed by atoms with Crippen molar-refractivity contribution in [1.82, 2.24) is 19.1 Å². The van der Waals surface area contributed by atoms with Crippen LogP contribution in [0.2, 0.25) is 0 Å². The van der Waals surface area contributed by atoms with Crippen molar-refractivity contribution >= 4 is 0 Å². The summed E-state index contributed by atoms with van der Waals surface area (Å²) >= 11 is 0. The summed E-state index contributed by atoms with van der Waals surface area (Å²) in [5.41, 5.74) is 3.30. The topological polar surface area (TPSA) is 128 Å². The maximum Gasteiger partial charge on any atom is 0.332 e. The second-order valence-electron chi connectivity index (χ2n) is 12.3. The number of rotatable bonds is 9. The molecular formula is C38H46N4O6. The SMILES string of the molecule is C/C=C\Cn1c(Oc2cc(C)cc(C)c2)c(C(C)C)c(=O)[nH]c1=O.CC#CCn1c(Oc2cc(C)cc(C)c2)c(C(C)C)c(=O)[nH]c1=O. The van der Waals surface area contributed by atoms with Gasteiger partial charge in [0.15, 0.2) is 0 Å². The third-order valence-electron chi connectivity index (χ3n) is 7.28. The zero-order valence-corrected chi connectivity index (χ0v) is 29.5. The quantitative estimate of drug-likeness (QED) is 0.152. The molecule has 4 aromatic rings. The van der Waals surface area contributed by atoms with E-state index in [9.17, 15) is 19.2 Å². The molecule has 10 nitrogen and oxygen atoms in total. The highest BCUT2D eigenvalue weighted by Gasteiger charge is 2.21. The molecule has 4 rings (SSSR count). The summed E-state index contributed by atoms with van der Waals surface area (Å²) in [6.07, 6.45) is 3.70. The van der Waals surface area contributed by atoms with Crippen LogP contribution in [-0.2, 0) is 13.1 Å². The average Bonchev–Trinajstić information content (AvgIpc) is 2.95. The van der Waals surface area contributed by atoms with Crippen molar-refractivity contribution in [2.24, 2.45) is 0 Å². The van der Waals surface area contributed by atoms with Gasteiger partial charge in [-0.3, -0.25) is 28.7 Å². The molecule has 0 radical (unpaired) electrons. The Hall–Kier alpha value is -5.30. The minimum Gasteiger partial charge on any atom is -0.440 e. The van der Waals surface area contributed by atoms with Gasteiger partial charge in [0.1, 0.15) is 11.5 Å². The third kappa shape index (κ3) is 9.38. The molecule has 0 aliphatic heterocycles. The molecule has 0 fully saturated rings. The highest BCUT2D eigenvalue weighted by atomic mass is 16.5. The molecule has 2 N–H and O–H groups in total. The predicted octanol–water partition coefficient (Wildman–Crippen LogP) is 6.74. The maximum absolute atomic E-state index is 12.3. The van der Waals surface area contributed by atoms with Crippen LogP contribution in [0.1, 0.15) is 86.8 Å². The van der Waals surface area contributed by atoms with Gasteiger partial charge in [-0.15, -0.1) is 5.92 Å². The average molecular weight is 655 g/mol. The largest absolute Gasteiger partial charge is 0.440 e. The first-order chi connectivity index (χ1) is 22.7. The van der Waals surface area contributed by atoms with E-state index in [4.69, 9.17) is 9.47 Å². The Balaban J connectivity index is 0.000000260. The van der Waals surface area contributed by atoms with Gasteiger partial charge in [0, 0.05) is 6.54 Å². The van der Waals surface area contributed by atoms with Gasteiger partial charge in [-0.05, 0) is 99.9 Å². The molecule has 0 bridgehead atoms. The number of nitrogens with zero attached hydrogens (tertiary/aromatic N) is 2. The molecule has 2 aromatic heterocycles. The normalized spacial score (nSPS) is 10.9. The highest BCUT2D eigenvalue weighted by molar-refractivity contribution is 5.39. The molecule has 2 heterocycles. The van der Waals surface area contributed by atoms with Gasteiger partial charge in [0.05, 0.1) is 17.7 Å². The number of aromatic amines is 2. The Kier molecular flexibility index (Phi) is 12.8. The molecule has 0 atom stereocenters. The zero-order chi connectivity index (χ0) is 35.7. The number of nitrogens with one attached hydrogen (secondary N) is 2. The lowest BCUT2D eigenvalue weighted by atomic mass is 10.1. The fourth-order valence-corrected chi connectivity index (χ4v) is 5.26. The van der Waals surface area contributed by atoms with Gasteiger partial charge in [0.25, 0.3) is 11.1 Å². The monoisotopic (exact) mass is 654 g/mol. The molecule has 0 saturated heterocycles. The van der Waals surface area contributed by atoms with E-state index < -0.39 is 22.5 Å². The number of benzene rings is 2. The van der Waals surface area contributed by atoms with E-state index in [1.165, 1.54) is 9.13 Å². The van der Waals surface area contributed by atoms with Crippen LogP contribution >= 0.6 is 0 Å². The van der Waals surface area contributed by atoms with Gasteiger partial charge in [0.2, 0.25) is 11.8 Å². The number of aryl methyl sites for hydroxylation is 4. The van der Waals surface area contributed by atoms with E-state index in [0.717, 1.165) is 22.3 Å². The second-order valence-corrected chi connectivity index (χ2v) is 12.3. The number of ether oxygens (including phenoxy) is 2. The highest BCUT2D eigenvalue weighted by Crippen LogP contribution is 2.29. The molecule has 10 heteroatoms. The van der Waals surface area contributed by atoms with E-state index in [1.807, 2.05) is 111 Å². The van der Waals surface area contributed by atoms with Crippen molar-refractivity contribution < 1.29 is 9.47 Å². The van der Waals surface area contributed by atoms with Crippen molar-refractivity contribution in [3.8, 4) is 35.1 Å². The van der Waals surface area contributed by atoms with Gasteiger partial charge in [-0.2, -0.15) is 0 Å². The first kappa shape index (κ1) is 37.2. The van der Waals surface area contributed by atoms with Crippen LogP contribution in [0.4, 0.5) is 0 Å². The Bertz CT molecular complexity index is 2060. The van der Waals surface area contributed by atoms with Crippen molar-refractivity contribution in [3.63, 3.8) is 0 Å². The molecule has 0 unspecified atom stereocenters. The summed E-state index contributed by atoms with van der Waals surface area (Å²) in [4.78, 5) is 53.8. The van der Waals surface area contributed by atoms with Crippen molar-refractivity contribution in [3.05, 3.63) is 124 Å². The summed E-state index contributed by atoms with van der Waals surface area (Å²) in [5, 5.41) is 0. The lowest BCUT2D eigenvalue weighted by Gasteiger charge is -2.18. The molecule has 2 aromatic carbocycles. The van der Waals surface area contributed by atoms with E-state index >= 15 is 0 Å². The Morgan fingerprint density at radius 1 is 0.688 bits per heavy atom. The third-order valence-corrected chi connectivity index (χ3v) is 7.28. The standard InChI is InChI=1S/C19H24N2O3.C19H22N2O3/c2*1-6-7-8-21-18(16(12(2)3)17(22)20-19(21)23)24-15-10-13(4)9-14(5)11-15/h6-7,9-12H,8H2,1-5H3,(H,20,22,23);9-12H,8H2,1-5H3,(H,20,22,23)/b7-6-;. The molecule has 0 saturated carbocycles. The van der Waals surface area contributed by atoms with Crippen LogP contribution < -0.4 is 32.0 Å². The van der Waals surface area contributed by atoms with Crippen LogP contribution in [0.5, 0.6) is 23.3 Å². The lowest BCUT2D eigenvalue weighted by Crippen LogP contribution is -2.33. The fourth-order valence-electron chi connectivity index (χ4n) is 5.26. The summed E-state index contributed by atoms with van der Waals surface area (Å²) in [7, 11) is 0. The number of aromatic nitrogens is 4. The van der Waals surface area contributed by atoms with Crippen LogP contribution in [0, 0.1) is 39.5 Å². The number of hydrogen-bond acceptors (Lipinski definition) is 6. The van der Waals surface area contributed by atoms with Crippen LogP contribution in [-0.4, -0.2) is 19.1 Å². The summed E-state index contributed by atoms with van der Waals surface area (Å²) in [6.45, 7) is 19.6. The number of allylic oxidation sites excluding steroid dienone is 2. The smallest absolute Gasteiger partial charge is 0.332 e. The molecule has 0 aliphatic carbocycles. The Labute approximate surface area is 281 Å². The molecule has 0 aliphatic rings. The first-order valence-electron chi connectivity index (χ1n) is 15.9. The maximum atomic E-state index is 12.3. The zero-order valence-electron chi connectivity index (χ0n) is 29.5. The van der Waals surface area contributed by atoms with Crippen LogP contribution in [0.15, 0.2) is 67.7 Å². The van der Waals surface area contributed by atoms with E-state index in [1.54, 1.807) is 6.92 Å². The number of H-pyrrole nitrogens is 2. The molecule has 0 amide bonds.